The summed E-state index contributed by atoms with van der Waals surface area (Å²) in [4.78, 5) is 0. The summed E-state index contributed by atoms with van der Waals surface area (Å²) in [5.41, 5.74) is 1.52. The highest BCUT2D eigenvalue weighted by Gasteiger charge is 2.12. The van der Waals surface area contributed by atoms with Crippen LogP contribution in [0.3, 0.4) is 0 Å². The van der Waals surface area contributed by atoms with E-state index in [-0.39, 0.29) is 11.9 Å². The zero-order valence-corrected chi connectivity index (χ0v) is 12.4. The van der Waals surface area contributed by atoms with Crippen molar-refractivity contribution in [1.29, 1.82) is 0 Å². The zero-order chi connectivity index (χ0) is 14.0. The van der Waals surface area contributed by atoms with Crippen molar-refractivity contribution in [2.45, 2.75) is 13.0 Å². The molecule has 0 fully saturated rings. The lowest BCUT2D eigenvalue weighted by atomic mass is 10.1. The van der Waals surface area contributed by atoms with Crippen molar-refractivity contribution in [3.8, 4) is 0 Å². The first-order chi connectivity index (χ1) is 8.97. The molecule has 5 heteroatoms. The molecule has 1 N–H and O–H groups in total. The van der Waals surface area contributed by atoms with Crippen LogP contribution in [-0.2, 0) is 0 Å². The normalized spacial score (nSPS) is 12.3. The Morgan fingerprint density at radius 2 is 1.74 bits per heavy atom. The minimum absolute atomic E-state index is 0.0835. The topological polar surface area (TPSA) is 12.0 Å². The molecule has 0 saturated heterocycles. The summed E-state index contributed by atoms with van der Waals surface area (Å²) in [7, 11) is 0. The van der Waals surface area contributed by atoms with Gasteiger partial charge < -0.3 is 5.32 Å². The number of nitrogens with one attached hydrogen (secondary N) is 1. The summed E-state index contributed by atoms with van der Waals surface area (Å²) in [6.07, 6.45) is 0. The van der Waals surface area contributed by atoms with E-state index in [4.69, 9.17) is 11.6 Å². The smallest absolute Gasteiger partial charge is 0.125 e. The lowest BCUT2D eigenvalue weighted by Crippen LogP contribution is -2.07. The molecule has 2 aromatic carbocycles. The van der Waals surface area contributed by atoms with Crippen molar-refractivity contribution in [1.82, 2.24) is 0 Å². The van der Waals surface area contributed by atoms with E-state index in [1.807, 2.05) is 6.92 Å². The maximum absolute atomic E-state index is 13.1. The number of hydrogen-bond acceptors (Lipinski definition) is 1. The summed E-state index contributed by atoms with van der Waals surface area (Å²) in [6.45, 7) is 1.92. The Labute approximate surface area is 123 Å². The van der Waals surface area contributed by atoms with Crippen LogP contribution in [0.25, 0.3) is 0 Å². The van der Waals surface area contributed by atoms with Gasteiger partial charge in [-0.15, -0.1) is 0 Å². The van der Waals surface area contributed by atoms with Crippen molar-refractivity contribution in [2.75, 3.05) is 5.32 Å². The Morgan fingerprint density at radius 3 is 2.32 bits per heavy atom. The molecule has 0 radical (unpaired) electrons. The quantitative estimate of drug-likeness (QED) is 0.768. The molecule has 0 aliphatic rings. The third kappa shape index (κ3) is 3.45. The van der Waals surface area contributed by atoms with Gasteiger partial charge in [0.05, 0.1) is 10.7 Å². The van der Waals surface area contributed by atoms with Crippen LogP contribution in [0.1, 0.15) is 18.5 Å². The maximum atomic E-state index is 13.1. The number of hydrogen-bond donors (Lipinski definition) is 1. The van der Waals surface area contributed by atoms with E-state index in [0.29, 0.717) is 15.2 Å². The predicted octanol–water partition coefficient (Wildman–Crippen LogP) is 5.55. The van der Waals surface area contributed by atoms with Gasteiger partial charge in [-0.2, -0.15) is 0 Å². The molecule has 1 atom stereocenters. The summed E-state index contributed by atoms with van der Waals surface area (Å²) in [6, 6.07) is 8.68. The monoisotopic (exact) mass is 345 g/mol. The average Bonchev–Trinajstić information content (AvgIpc) is 2.34. The van der Waals surface area contributed by atoms with Crippen LogP contribution >= 0.6 is 27.5 Å². The Balaban J connectivity index is 2.24. The fraction of sp³-hybridized carbons (Fsp3) is 0.143. The molecule has 100 valence electrons. The van der Waals surface area contributed by atoms with E-state index in [2.05, 4.69) is 21.2 Å². The summed E-state index contributed by atoms with van der Waals surface area (Å²) in [5.74, 6) is -0.686. The van der Waals surface area contributed by atoms with Crippen LogP contribution in [0.4, 0.5) is 14.5 Å². The van der Waals surface area contributed by atoms with Gasteiger partial charge >= 0.3 is 0 Å². The second-order valence-corrected chi connectivity index (χ2v) is 5.42. The molecular weight excluding hydrogens is 336 g/mol. The van der Waals surface area contributed by atoms with Crippen LogP contribution in [0, 0.1) is 11.6 Å². The van der Waals surface area contributed by atoms with Gasteiger partial charge in [0.25, 0.3) is 0 Å². The largest absolute Gasteiger partial charge is 0.376 e. The summed E-state index contributed by atoms with van der Waals surface area (Å²) >= 11 is 9.26. The Morgan fingerprint density at radius 1 is 1.11 bits per heavy atom. The Kier molecular flexibility index (Phi) is 4.42. The molecule has 0 saturated carbocycles. The van der Waals surface area contributed by atoms with Crippen LogP contribution in [0.5, 0.6) is 0 Å². The van der Waals surface area contributed by atoms with Crippen molar-refractivity contribution in [3.63, 3.8) is 0 Å². The second-order valence-electron chi connectivity index (χ2n) is 4.16. The van der Waals surface area contributed by atoms with E-state index in [0.717, 1.165) is 5.56 Å². The maximum Gasteiger partial charge on any atom is 0.125 e. The highest BCUT2D eigenvalue weighted by atomic mass is 79.9. The van der Waals surface area contributed by atoms with Crippen LogP contribution in [-0.4, -0.2) is 0 Å². The van der Waals surface area contributed by atoms with E-state index in [1.165, 1.54) is 24.3 Å². The first-order valence-electron chi connectivity index (χ1n) is 5.64. The van der Waals surface area contributed by atoms with Crippen LogP contribution in [0.2, 0.25) is 5.02 Å². The molecule has 2 rings (SSSR count). The minimum Gasteiger partial charge on any atom is -0.376 e. The fourth-order valence-electron chi connectivity index (χ4n) is 1.73. The fourth-order valence-corrected chi connectivity index (χ4v) is 2.65. The number of rotatable bonds is 3. The standard InChI is InChI=1S/C14H11BrClF2N/c1-8(9-2-4-10(17)5-3-9)19-14-12(15)6-11(18)7-13(14)16/h2-8,19H,1H3. The van der Waals surface area contributed by atoms with Gasteiger partial charge in [-0.1, -0.05) is 23.7 Å². The highest BCUT2D eigenvalue weighted by molar-refractivity contribution is 9.10. The second kappa shape index (κ2) is 5.88. The van der Waals surface area contributed by atoms with Gasteiger partial charge in [-0.3, -0.25) is 0 Å². The van der Waals surface area contributed by atoms with E-state index in [9.17, 15) is 8.78 Å². The van der Waals surface area contributed by atoms with Crippen LogP contribution in [0.15, 0.2) is 40.9 Å². The molecule has 0 amide bonds. The van der Waals surface area contributed by atoms with Crippen molar-refractivity contribution in [3.05, 3.63) is 63.1 Å². The molecule has 0 spiro atoms. The molecule has 19 heavy (non-hydrogen) atoms. The van der Waals surface area contributed by atoms with Gasteiger partial charge in [0.1, 0.15) is 11.6 Å². The highest BCUT2D eigenvalue weighted by Crippen LogP contribution is 2.34. The molecule has 0 bridgehead atoms. The van der Waals surface area contributed by atoms with Crippen LogP contribution < -0.4 is 5.32 Å². The van der Waals surface area contributed by atoms with Gasteiger partial charge in [-0.05, 0) is 52.7 Å². The first kappa shape index (κ1) is 14.3. The first-order valence-corrected chi connectivity index (χ1v) is 6.81. The van der Waals surface area contributed by atoms with Gasteiger partial charge in [-0.25, -0.2) is 8.78 Å². The third-order valence-corrected chi connectivity index (χ3v) is 3.66. The molecule has 1 unspecified atom stereocenters. The van der Waals surface area contributed by atoms with E-state index < -0.39 is 5.82 Å². The Bertz CT molecular complexity index is 563. The number of halogens is 4. The molecule has 0 aromatic heterocycles. The summed E-state index contributed by atoms with van der Waals surface area (Å²) < 4.78 is 26.5. The lowest BCUT2D eigenvalue weighted by Gasteiger charge is -2.18. The molecule has 0 aliphatic carbocycles. The molecule has 0 heterocycles. The number of anilines is 1. The van der Waals surface area contributed by atoms with E-state index in [1.54, 1.807) is 12.1 Å². The molecule has 1 nitrogen and oxygen atoms in total. The molecular formula is C14H11BrClF2N. The van der Waals surface area contributed by atoms with Crippen molar-refractivity contribution >= 4 is 33.2 Å². The SMILES string of the molecule is CC(Nc1c(Cl)cc(F)cc1Br)c1ccc(F)cc1. The van der Waals surface area contributed by atoms with Gasteiger partial charge in [0.15, 0.2) is 0 Å². The molecule has 0 aliphatic heterocycles. The zero-order valence-electron chi connectivity index (χ0n) is 10.1. The number of benzene rings is 2. The minimum atomic E-state index is -0.406. The third-order valence-electron chi connectivity index (χ3n) is 2.74. The lowest BCUT2D eigenvalue weighted by molar-refractivity contribution is 0.625. The summed E-state index contributed by atoms with van der Waals surface area (Å²) in [5, 5.41) is 3.47. The predicted molar refractivity (Wildman–Crippen MR) is 77.5 cm³/mol. The van der Waals surface area contributed by atoms with Crippen molar-refractivity contribution < 1.29 is 8.78 Å². The van der Waals surface area contributed by atoms with Crippen molar-refractivity contribution in [2.24, 2.45) is 0 Å². The van der Waals surface area contributed by atoms with Gasteiger partial charge in [0, 0.05) is 10.5 Å². The van der Waals surface area contributed by atoms with Gasteiger partial charge in [0.2, 0.25) is 0 Å². The molecule has 2 aromatic rings. The Hall–Kier alpha value is -1.13. The van der Waals surface area contributed by atoms with E-state index >= 15 is 0 Å². The average molecular weight is 347 g/mol.